The molecular weight excluding hydrogens is 240 g/mol. The molecule has 0 radical (unpaired) electrons. The molecule has 102 valence electrons. The number of amides is 2. The van der Waals surface area contributed by atoms with Crippen molar-refractivity contribution >= 4 is 17.1 Å². The highest BCUT2D eigenvalue weighted by Crippen LogP contribution is 2.10. The van der Waals surface area contributed by atoms with Crippen LogP contribution in [0.3, 0.4) is 0 Å². The predicted molar refractivity (Wildman–Crippen MR) is 76.1 cm³/mol. The minimum Gasteiger partial charge on any atom is -0.342 e. The Labute approximate surface area is 113 Å². The number of carbonyl (C=O) groups is 1. The van der Waals surface area contributed by atoms with E-state index in [1.165, 1.54) is 0 Å². The molecule has 5 heteroatoms. The van der Waals surface area contributed by atoms with Crippen LogP contribution in [-0.2, 0) is 6.42 Å². The van der Waals surface area contributed by atoms with E-state index in [4.69, 9.17) is 0 Å². The number of aryl methyl sites for hydroxylation is 1. The van der Waals surface area contributed by atoms with Gasteiger partial charge in [0.2, 0.25) is 0 Å². The van der Waals surface area contributed by atoms with Gasteiger partial charge in [0.15, 0.2) is 0 Å². The molecule has 0 atom stereocenters. The van der Waals surface area contributed by atoms with Gasteiger partial charge < -0.3 is 15.2 Å². The Balaban J connectivity index is 1.78. The normalized spacial score (nSPS) is 10.6. The van der Waals surface area contributed by atoms with Crippen molar-refractivity contribution in [3.63, 3.8) is 0 Å². The third-order valence-electron chi connectivity index (χ3n) is 3.13. The van der Waals surface area contributed by atoms with E-state index >= 15 is 0 Å². The number of hydrogen-bond acceptors (Lipinski definition) is 2. The minimum absolute atomic E-state index is 0.0212. The highest BCUT2D eigenvalue weighted by atomic mass is 16.2. The molecule has 2 amide bonds. The number of benzene rings is 1. The highest BCUT2D eigenvalue weighted by molar-refractivity contribution is 5.74. The molecule has 2 aromatic rings. The molecule has 0 saturated carbocycles. The molecule has 0 aliphatic rings. The molecule has 2 N–H and O–H groups in total. The molecule has 2 rings (SSSR count). The fraction of sp³-hybridized carbons (Fsp3) is 0.429. The largest absolute Gasteiger partial charge is 0.342 e. The molecular formula is C14H20N4O. The molecule has 19 heavy (non-hydrogen) atoms. The average Bonchev–Trinajstić information content (AvgIpc) is 2.85. The Hall–Kier alpha value is -2.04. The number of nitrogens with one attached hydrogen (secondary N) is 2. The van der Waals surface area contributed by atoms with Crippen molar-refractivity contribution in [2.75, 3.05) is 20.1 Å². The summed E-state index contributed by atoms with van der Waals surface area (Å²) in [6, 6.07) is 7.96. The van der Waals surface area contributed by atoms with Gasteiger partial charge in [-0.15, -0.1) is 0 Å². The summed E-state index contributed by atoms with van der Waals surface area (Å²) in [5.74, 6) is 0.972. The molecule has 0 saturated heterocycles. The molecule has 0 spiro atoms. The maximum atomic E-state index is 11.5. The van der Waals surface area contributed by atoms with Gasteiger partial charge in [0, 0.05) is 26.6 Å². The first kappa shape index (κ1) is 13.4. The van der Waals surface area contributed by atoms with Gasteiger partial charge in [-0.05, 0) is 25.5 Å². The van der Waals surface area contributed by atoms with Gasteiger partial charge in [-0.1, -0.05) is 12.1 Å². The minimum atomic E-state index is -0.0212. The number of fused-ring (bicyclic) bond motifs is 1. The quantitative estimate of drug-likeness (QED) is 0.809. The summed E-state index contributed by atoms with van der Waals surface area (Å²) in [7, 11) is 1.79. The maximum absolute atomic E-state index is 11.5. The molecule has 1 aromatic carbocycles. The van der Waals surface area contributed by atoms with Gasteiger partial charge in [0.1, 0.15) is 5.82 Å². The second-order valence-corrected chi connectivity index (χ2v) is 4.55. The lowest BCUT2D eigenvalue weighted by molar-refractivity contribution is 0.211. The van der Waals surface area contributed by atoms with Gasteiger partial charge in [-0.3, -0.25) is 0 Å². The van der Waals surface area contributed by atoms with E-state index < -0.39 is 0 Å². The number of urea groups is 1. The second kappa shape index (κ2) is 6.22. The Morgan fingerprint density at radius 3 is 2.95 bits per heavy atom. The highest BCUT2D eigenvalue weighted by Gasteiger charge is 2.05. The van der Waals surface area contributed by atoms with Gasteiger partial charge in [-0.2, -0.15) is 0 Å². The van der Waals surface area contributed by atoms with Crippen LogP contribution in [0.1, 0.15) is 19.2 Å². The lowest BCUT2D eigenvalue weighted by Gasteiger charge is -2.15. The number of aromatic nitrogens is 2. The molecule has 1 aromatic heterocycles. The van der Waals surface area contributed by atoms with Crippen LogP contribution in [0.5, 0.6) is 0 Å². The van der Waals surface area contributed by atoms with E-state index in [9.17, 15) is 4.79 Å². The first-order chi connectivity index (χ1) is 9.20. The number of hydrogen-bond donors (Lipinski definition) is 2. The van der Waals surface area contributed by atoms with Gasteiger partial charge in [-0.25, -0.2) is 9.78 Å². The number of aromatic amines is 1. The number of rotatable bonds is 5. The molecule has 5 nitrogen and oxygen atoms in total. The topological polar surface area (TPSA) is 61.0 Å². The van der Waals surface area contributed by atoms with E-state index in [0.29, 0.717) is 6.54 Å². The van der Waals surface area contributed by atoms with E-state index in [1.54, 1.807) is 11.9 Å². The SMILES string of the molecule is CCN(C)C(=O)NCCCc1nc2ccccc2[nH]1. The standard InChI is InChI=1S/C14H20N4O/c1-3-18(2)14(19)15-10-6-9-13-16-11-7-4-5-8-12(11)17-13/h4-5,7-8H,3,6,9-10H2,1-2H3,(H,15,19)(H,16,17). The Kier molecular flexibility index (Phi) is 4.39. The van der Waals surface area contributed by atoms with Crippen LogP contribution in [0.25, 0.3) is 11.0 Å². The smallest absolute Gasteiger partial charge is 0.317 e. The van der Waals surface area contributed by atoms with Crippen molar-refractivity contribution < 1.29 is 4.79 Å². The third kappa shape index (κ3) is 3.47. The number of para-hydroxylation sites is 2. The Morgan fingerprint density at radius 1 is 1.42 bits per heavy atom. The second-order valence-electron chi connectivity index (χ2n) is 4.55. The van der Waals surface area contributed by atoms with Crippen LogP contribution in [0.4, 0.5) is 4.79 Å². The summed E-state index contributed by atoms with van der Waals surface area (Å²) < 4.78 is 0. The fourth-order valence-electron chi connectivity index (χ4n) is 1.85. The Bertz CT molecular complexity index is 516. The van der Waals surface area contributed by atoms with E-state index in [1.807, 2.05) is 31.2 Å². The summed E-state index contributed by atoms with van der Waals surface area (Å²) >= 11 is 0. The Morgan fingerprint density at radius 2 is 2.21 bits per heavy atom. The van der Waals surface area contributed by atoms with Crippen molar-refractivity contribution in [1.29, 1.82) is 0 Å². The number of carbonyl (C=O) groups excluding carboxylic acids is 1. The van der Waals surface area contributed by atoms with Crippen LogP contribution in [-0.4, -0.2) is 41.0 Å². The van der Waals surface area contributed by atoms with E-state index in [0.717, 1.165) is 36.2 Å². The first-order valence-corrected chi connectivity index (χ1v) is 6.63. The molecule has 0 bridgehead atoms. The zero-order valence-corrected chi connectivity index (χ0v) is 11.4. The van der Waals surface area contributed by atoms with Gasteiger partial charge in [0.05, 0.1) is 11.0 Å². The monoisotopic (exact) mass is 260 g/mol. The summed E-state index contributed by atoms with van der Waals surface area (Å²) in [6.45, 7) is 3.34. The van der Waals surface area contributed by atoms with Gasteiger partial charge >= 0.3 is 6.03 Å². The zero-order valence-electron chi connectivity index (χ0n) is 11.4. The molecule has 0 aliphatic carbocycles. The van der Waals surface area contributed by atoms with Crippen molar-refractivity contribution in [2.45, 2.75) is 19.8 Å². The van der Waals surface area contributed by atoms with Crippen LogP contribution < -0.4 is 5.32 Å². The summed E-state index contributed by atoms with van der Waals surface area (Å²) in [6.07, 6.45) is 1.72. The summed E-state index contributed by atoms with van der Waals surface area (Å²) in [5, 5.41) is 2.88. The van der Waals surface area contributed by atoms with Crippen molar-refractivity contribution in [2.24, 2.45) is 0 Å². The van der Waals surface area contributed by atoms with E-state index in [2.05, 4.69) is 15.3 Å². The molecule has 1 heterocycles. The zero-order chi connectivity index (χ0) is 13.7. The van der Waals surface area contributed by atoms with Crippen LogP contribution in [0.15, 0.2) is 24.3 Å². The maximum Gasteiger partial charge on any atom is 0.317 e. The predicted octanol–water partition coefficient (Wildman–Crippen LogP) is 2.16. The third-order valence-corrected chi connectivity index (χ3v) is 3.13. The molecule has 0 fully saturated rings. The van der Waals surface area contributed by atoms with Crippen molar-refractivity contribution in [3.05, 3.63) is 30.1 Å². The lowest BCUT2D eigenvalue weighted by Crippen LogP contribution is -2.37. The molecule has 0 aliphatic heterocycles. The number of imidazole rings is 1. The van der Waals surface area contributed by atoms with Gasteiger partial charge in [0.25, 0.3) is 0 Å². The van der Waals surface area contributed by atoms with E-state index in [-0.39, 0.29) is 6.03 Å². The number of H-pyrrole nitrogens is 1. The average molecular weight is 260 g/mol. The molecule has 0 unspecified atom stereocenters. The van der Waals surface area contributed by atoms with Crippen LogP contribution >= 0.6 is 0 Å². The summed E-state index contributed by atoms with van der Waals surface area (Å²) in [5.41, 5.74) is 2.06. The van der Waals surface area contributed by atoms with Crippen molar-refractivity contribution in [3.8, 4) is 0 Å². The number of nitrogens with zero attached hydrogens (tertiary/aromatic N) is 2. The first-order valence-electron chi connectivity index (χ1n) is 6.63. The fourth-order valence-corrected chi connectivity index (χ4v) is 1.85. The van der Waals surface area contributed by atoms with Crippen LogP contribution in [0.2, 0.25) is 0 Å². The van der Waals surface area contributed by atoms with Crippen LogP contribution in [0, 0.1) is 0 Å². The lowest BCUT2D eigenvalue weighted by atomic mass is 10.3. The van der Waals surface area contributed by atoms with Crippen molar-refractivity contribution in [1.82, 2.24) is 20.2 Å². The summed E-state index contributed by atoms with van der Waals surface area (Å²) in [4.78, 5) is 21.0.